The van der Waals surface area contributed by atoms with Gasteiger partial charge in [0, 0.05) is 32.0 Å². The highest BCUT2D eigenvalue weighted by atomic mass is 32.1. The number of piperidine rings is 1. The predicted molar refractivity (Wildman–Crippen MR) is 92.9 cm³/mol. The van der Waals surface area contributed by atoms with Gasteiger partial charge in [-0.2, -0.15) is 0 Å². The van der Waals surface area contributed by atoms with Crippen molar-refractivity contribution in [1.82, 2.24) is 9.88 Å². The number of para-hydroxylation sites is 1. The van der Waals surface area contributed by atoms with Gasteiger partial charge in [-0.05, 0) is 19.1 Å². The lowest BCUT2D eigenvalue weighted by atomic mass is 9.99. The topological polar surface area (TPSA) is 53.5 Å². The number of amides is 1. The van der Waals surface area contributed by atoms with Crippen LogP contribution in [-0.4, -0.2) is 47.8 Å². The SMILES string of the molecule is CCN(C(=O)CN1CCC(=O)C(C)C1)c1nc2ccccc2s1. The number of likely N-dealkylation sites (tertiary alicyclic amines) is 1. The number of aromatic nitrogens is 1. The van der Waals surface area contributed by atoms with E-state index in [9.17, 15) is 9.59 Å². The van der Waals surface area contributed by atoms with Gasteiger partial charge in [0.2, 0.25) is 5.91 Å². The van der Waals surface area contributed by atoms with E-state index in [4.69, 9.17) is 0 Å². The van der Waals surface area contributed by atoms with Gasteiger partial charge >= 0.3 is 0 Å². The molecule has 0 aliphatic carbocycles. The van der Waals surface area contributed by atoms with Crippen LogP contribution in [0.5, 0.6) is 0 Å². The van der Waals surface area contributed by atoms with Crippen LogP contribution >= 0.6 is 11.3 Å². The molecule has 1 saturated heterocycles. The Balaban J connectivity index is 1.72. The number of ketones is 1. The van der Waals surface area contributed by atoms with Crippen LogP contribution in [0.15, 0.2) is 24.3 Å². The Morgan fingerprint density at radius 2 is 2.22 bits per heavy atom. The standard InChI is InChI=1S/C17H21N3O2S/c1-3-20(17-18-13-6-4-5-7-15(13)23-17)16(22)11-19-9-8-14(21)12(2)10-19/h4-7,12H,3,8-11H2,1-2H3. The largest absolute Gasteiger partial charge is 0.299 e. The Labute approximate surface area is 139 Å². The summed E-state index contributed by atoms with van der Waals surface area (Å²) in [6.45, 7) is 6.19. The molecule has 2 aromatic rings. The zero-order chi connectivity index (χ0) is 16.4. The maximum Gasteiger partial charge on any atom is 0.242 e. The fourth-order valence-corrected chi connectivity index (χ4v) is 3.96. The van der Waals surface area contributed by atoms with Gasteiger partial charge in [0.05, 0.1) is 16.8 Å². The monoisotopic (exact) mass is 331 g/mol. The van der Waals surface area contributed by atoms with E-state index in [0.29, 0.717) is 38.4 Å². The number of fused-ring (bicyclic) bond motifs is 1. The van der Waals surface area contributed by atoms with Crippen molar-refractivity contribution in [2.75, 3.05) is 31.1 Å². The lowest BCUT2D eigenvalue weighted by Gasteiger charge is -2.30. The molecule has 23 heavy (non-hydrogen) atoms. The molecule has 1 aliphatic heterocycles. The van der Waals surface area contributed by atoms with Gasteiger partial charge in [0.25, 0.3) is 0 Å². The van der Waals surface area contributed by atoms with Crippen molar-refractivity contribution < 1.29 is 9.59 Å². The van der Waals surface area contributed by atoms with Gasteiger partial charge in [-0.25, -0.2) is 4.98 Å². The van der Waals surface area contributed by atoms with Gasteiger partial charge in [0.1, 0.15) is 5.78 Å². The second-order valence-corrected chi connectivity index (χ2v) is 6.96. The summed E-state index contributed by atoms with van der Waals surface area (Å²) < 4.78 is 1.09. The van der Waals surface area contributed by atoms with E-state index in [1.165, 1.54) is 0 Å². The number of benzene rings is 1. The number of hydrogen-bond donors (Lipinski definition) is 0. The summed E-state index contributed by atoms with van der Waals surface area (Å²) >= 11 is 1.54. The van der Waals surface area contributed by atoms with E-state index in [1.54, 1.807) is 16.2 Å². The van der Waals surface area contributed by atoms with E-state index < -0.39 is 0 Å². The Morgan fingerprint density at radius 1 is 1.43 bits per heavy atom. The minimum absolute atomic E-state index is 0.0223. The number of anilines is 1. The first-order valence-electron chi connectivity index (χ1n) is 7.99. The smallest absolute Gasteiger partial charge is 0.242 e. The lowest BCUT2D eigenvalue weighted by molar-refractivity contribution is -0.128. The fourth-order valence-electron chi connectivity index (χ4n) is 2.91. The summed E-state index contributed by atoms with van der Waals surface area (Å²) in [6.07, 6.45) is 0.543. The van der Waals surface area contributed by atoms with Crippen molar-refractivity contribution in [2.24, 2.45) is 5.92 Å². The number of carbonyl (C=O) groups is 2. The molecule has 1 unspecified atom stereocenters. The summed E-state index contributed by atoms with van der Waals surface area (Å²) in [7, 11) is 0. The van der Waals surface area contributed by atoms with Crippen molar-refractivity contribution in [1.29, 1.82) is 0 Å². The normalized spacial score (nSPS) is 19.2. The van der Waals surface area contributed by atoms with Crippen LogP contribution in [0.1, 0.15) is 20.3 Å². The van der Waals surface area contributed by atoms with E-state index in [0.717, 1.165) is 15.3 Å². The predicted octanol–water partition coefficient (Wildman–Crippen LogP) is 2.56. The molecule has 1 aromatic carbocycles. The summed E-state index contributed by atoms with van der Waals surface area (Å²) in [5.41, 5.74) is 0.927. The average molecular weight is 331 g/mol. The molecule has 1 atom stereocenters. The highest BCUT2D eigenvalue weighted by molar-refractivity contribution is 7.22. The number of carbonyl (C=O) groups excluding carboxylic acids is 2. The maximum absolute atomic E-state index is 12.7. The van der Waals surface area contributed by atoms with Gasteiger partial charge in [-0.3, -0.25) is 19.4 Å². The van der Waals surface area contributed by atoms with E-state index in [2.05, 4.69) is 9.88 Å². The van der Waals surface area contributed by atoms with Gasteiger partial charge in [-0.1, -0.05) is 30.4 Å². The van der Waals surface area contributed by atoms with Crippen LogP contribution in [-0.2, 0) is 9.59 Å². The summed E-state index contributed by atoms with van der Waals surface area (Å²) in [5.74, 6) is 0.370. The van der Waals surface area contributed by atoms with Gasteiger partial charge < -0.3 is 0 Å². The molecule has 1 amide bonds. The fraction of sp³-hybridized carbons (Fsp3) is 0.471. The molecule has 0 spiro atoms. The van der Waals surface area contributed by atoms with Crippen molar-refractivity contribution in [3.8, 4) is 0 Å². The molecule has 5 nitrogen and oxygen atoms in total. The molecule has 122 valence electrons. The number of Topliss-reactive ketones (excluding diaryl/α,β-unsaturated/α-hetero) is 1. The van der Waals surface area contributed by atoms with E-state index in [-0.39, 0.29) is 11.8 Å². The molecular formula is C17H21N3O2S. The molecule has 0 saturated carbocycles. The first-order chi connectivity index (χ1) is 11.1. The second kappa shape index (κ2) is 6.76. The third-order valence-electron chi connectivity index (χ3n) is 4.25. The third kappa shape index (κ3) is 3.43. The molecule has 2 heterocycles. The Bertz CT molecular complexity index is 694. The first kappa shape index (κ1) is 16.1. The van der Waals surface area contributed by atoms with Gasteiger partial charge in [0.15, 0.2) is 5.13 Å². The Kier molecular flexibility index (Phi) is 4.73. The van der Waals surface area contributed by atoms with Crippen molar-refractivity contribution in [3.05, 3.63) is 24.3 Å². The molecule has 1 aliphatic rings. The molecule has 0 bridgehead atoms. The minimum Gasteiger partial charge on any atom is -0.299 e. The number of nitrogens with zero attached hydrogens (tertiary/aromatic N) is 3. The van der Waals surface area contributed by atoms with Crippen LogP contribution in [0.3, 0.4) is 0 Å². The number of likely N-dealkylation sites (N-methyl/N-ethyl adjacent to an activating group) is 1. The highest BCUT2D eigenvalue weighted by Gasteiger charge is 2.27. The zero-order valence-corrected chi connectivity index (χ0v) is 14.3. The third-order valence-corrected chi connectivity index (χ3v) is 5.31. The van der Waals surface area contributed by atoms with Crippen LogP contribution in [0.2, 0.25) is 0 Å². The highest BCUT2D eigenvalue weighted by Crippen LogP contribution is 2.28. The van der Waals surface area contributed by atoms with Crippen molar-refractivity contribution in [3.63, 3.8) is 0 Å². The van der Waals surface area contributed by atoms with E-state index >= 15 is 0 Å². The van der Waals surface area contributed by atoms with Gasteiger partial charge in [-0.15, -0.1) is 0 Å². The van der Waals surface area contributed by atoms with Crippen molar-refractivity contribution in [2.45, 2.75) is 20.3 Å². The van der Waals surface area contributed by atoms with Crippen LogP contribution in [0.25, 0.3) is 10.2 Å². The molecular weight excluding hydrogens is 310 g/mol. The molecule has 1 fully saturated rings. The summed E-state index contributed by atoms with van der Waals surface area (Å²) in [6, 6.07) is 7.92. The minimum atomic E-state index is 0.0223. The van der Waals surface area contributed by atoms with Crippen molar-refractivity contribution >= 4 is 38.4 Å². The second-order valence-electron chi connectivity index (χ2n) is 5.95. The summed E-state index contributed by atoms with van der Waals surface area (Å²) in [5, 5.41) is 0.750. The molecule has 0 N–H and O–H groups in total. The Hall–Kier alpha value is -1.79. The maximum atomic E-state index is 12.7. The Morgan fingerprint density at radius 3 is 2.91 bits per heavy atom. The summed E-state index contributed by atoms with van der Waals surface area (Å²) in [4.78, 5) is 32.7. The molecule has 1 aromatic heterocycles. The van der Waals surface area contributed by atoms with Crippen LogP contribution in [0.4, 0.5) is 5.13 Å². The van der Waals surface area contributed by atoms with Crippen LogP contribution in [0, 0.1) is 5.92 Å². The molecule has 6 heteroatoms. The number of hydrogen-bond acceptors (Lipinski definition) is 5. The zero-order valence-electron chi connectivity index (χ0n) is 13.5. The number of thiazole rings is 1. The lowest BCUT2D eigenvalue weighted by Crippen LogP contribution is -2.46. The number of rotatable bonds is 4. The average Bonchev–Trinajstić information content (AvgIpc) is 2.95. The first-order valence-corrected chi connectivity index (χ1v) is 8.81. The van der Waals surface area contributed by atoms with E-state index in [1.807, 2.05) is 38.1 Å². The van der Waals surface area contributed by atoms with Crippen LogP contribution < -0.4 is 4.90 Å². The molecule has 0 radical (unpaired) electrons. The quantitative estimate of drug-likeness (QED) is 0.864. The molecule has 3 rings (SSSR count).